The Labute approximate surface area is 211 Å². The number of carboxylic acids is 1. The van der Waals surface area contributed by atoms with Crippen molar-refractivity contribution in [2.45, 2.75) is 22.9 Å². The van der Waals surface area contributed by atoms with Crippen LogP contribution in [-0.2, 0) is 20.9 Å². The summed E-state index contributed by atoms with van der Waals surface area (Å²) in [5.41, 5.74) is 6.07. The smallest absolute Gasteiger partial charge is 0.352 e. The van der Waals surface area contributed by atoms with E-state index < -0.39 is 29.2 Å². The Morgan fingerprint density at radius 3 is 2.79 bits per heavy atom. The zero-order valence-electron chi connectivity index (χ0n) is 17.6. The average molecular weight is 564 g/mol. The van der Waals surface area contributed by atoms with Crippen molar-refractivity contribution in [2.75, 3.05) is 11.5 Å². The number of fused-ring (bicyclic) bond motifs is 1. The van der Waals surface area contributed by atoms with E-state index in [0.29, 0.717) is 16.9 Å². The van der Waals surface area contributed by atoms with Gasteiger partial charge in [-0.05, 0) is 24.3 Å². The van der Waals surface area contributed by atoms with Crippen molar-refractivity contribution in [1.29, 1.82) is 0 Å². The number of nitrogens with one attached hydrogen (secondary N) is 1. The quantitative estimate of drug-likeness (QED) is 0.251. The van der Waals surface area contributed by atoms with Crippen LogP contribution in [0.4, 0.5) is 0 Å². The largest absolute Gasteiger partial charge is 0.477 e. The van der Waals surface area contributed by atoms with Gasteiger partial charge in [-0.2, -0.15) is 0 Å². The van der Waals surface area contributed by atoms with Crippen LogP contribution in [0.25, 0.3) is 0 Å². The minimum absolute atomic E-state index is 0.0836. The standard InChI is InChI=1S/C22H19BrN4O5S2/c23-14-4-1-5-15(7-14)33-11-16(28)25-17-20(30)27-18(22(31)32)13(10-34-21(17)27)9-26-6-2-3-12(8-26)19(24)29/h1-8,17,21H,9-11H2,(H3-,24,25,28,29,31,32)/p+1/t17-,21+/m0/s1. The third kappa shape index (κ3) is 5.13. The number of thioether (sulfide) groups is 2. The summed E-state index contributed by atoms with van der Waals surface area (Å²) >= 11 is 6.13. The number of aliphatic carboxylic acids is 1. The lowest BCUT2D eigenvalue weighted by Gasteiger charge is -2.49. The summed E-state index contributed by atoms with van der Waals surface area (Å²) in [7, 11) is 0. The lowest BCUT2D eigenvalue weighted by atomic mass is 10.0. The molecule has 176 valence electrons. The number of primary amides is 1. The van der Waals surface area contributed by atoms with Crippen molar-refractivity contribution in [1.82, 2.24) is 10.2 Å². The molecule has 2 aliphatic heterocycles. The highest BCUT2D eigenvalue weighted by atomic mass is 79.9. The first kappa shape index (κ1) is 24.3. The molecule has 0 unspecified atom stereocenters. The lowest BCUT2D eigenvalue weighted by Crippen LogP contribution is -2.71. The van der Waals surface area contributed by atoms with Gasteiger partial charge < -0.3 is 16.2 Å². The monoisotopic (exact) mass is 563 g/mol. The van der Waals surface area contributed by atoms with Crippen LogP contribution in [0.3, 0.4) is 0 Å². The fourth-order valence-corrected chi connectivity index (χ4v) is 6.36. The number of amides is 3. The molecule has 0 aliphatic carbocycles. The molecule has 0 saturated carbocycles. The van der Waals surface area contributed by atoms with Crippen molar-refractivity contribution in [3.8, 4) is 0 Å². The first-order chi connectivity index (χ1) is 16.2. The van der Waals surface area contributed by atoms with Crippen LogP contribution in [0, 0.1) is 0 Å². The topological polar surface area (TPSA) is 134 Å². The molecule has 2 atom stereocenters. The summed E-state index contributed by atoms with van der Waals surface area (Å²) in [6.07, 6.45) is 3.23. The van der Waals surface area contributed by atoms with E-state index in [1.807, 2.05) is 24.3 Å². The fourth-order valence-electron chi connectivity index (χ4n) is 3.71. The summed E-state index contributed by atoms with van der Waals surface area (Å²) in [5, 5.41) is 12.1. The van der Waals surface area contributed by atoms with Gasteiger partial charge in [0.25, 0.3) is 11.8 Å². The van der Waals surface area contributed by atoms with Gasteiger partial charge in [0.15, 0.2) is 18.9 Å². The van der Waals surface area contributed by atoms with Gasteiger partial charge >= 0.3 is 5.97 Å². The second-order valence-corrected chi connectivity index (χ2v) is 10.7. The predicted octanol–water partition coefficient (Wildman–Crippen LogP) is 1.37. The molecule has 1 saturated heterocycles. The number of benzene rings is 1. The van der Waals surface area contributed by atoms with Crippen LogP contribution in [-0.4, -0.2) is 56.6 Å². The molecule has 2 aliphatic rings. The van der Waals surface area contributed by atoms with E-state index >= 15 is 0 Å². The van der Waals surface area contributed by atoms with Crippen LogP contribution in [0.2, 0.25) is 0 Å². The first-order valence-electron chi connectivity index (χ1n) is 10.1. The van der Waals surface area contributed by atoms with Gasteiger partial charge in [-0.25, -0.2) is 9.36 Å². The first-order valence-corrected chi connectivity index (χ1v) is 12.9. The molecule has 1 aromatic carbocycles. The molecular weight excluding hydrogens is 544 g/mol. The van der Waals surface area contributed by atoms with Crippen LogP contribution in [0.5, 0.6) is 0 Å². The number of aromatic nitrogens is 1. The minimum atomic E-state index is -1.21. The van der Waals surface area contributed by atoms with Gasteiger partial charge in [-0.3, -0.25) is 19.3 Å². The van der Waals surface area contributed by atoms with E-state index in [0.717, 1.165) is 9.37 Å². The van der Waals surface area contributed by atoms with E-state index in [9.17, 15) is 24.3 Å². The van der Waals surface area contributed by atoms with Gasteiger partial charge in [-0.15, -0.1) is 23.5 Å². The molecule has 0 bridgehead atoms. The number of nitrogens with zero attached hydrogens (tertiary/aromatic N) is 2. The maximum atomic E-state index is 12.8. The summed E-state index contributed by atoms with van der Waals surface area (Å²) < 4.78 is 2.56. The minimum Gasteiger partial charge on any atom is -0.477 e. The molecule has 1 fully saturated rings. The van der Waals surface area contributed by atoms with Gasteiger partial charge in [0.05, 0.1) is 5.75 Å². The third-order valence-electron chi connectivity index (χ3n) is 5.25. The highest BCUT2D eigenvalue weighted by Crippen LogP contribution is 2.40. The Morgan fingerprint density at radius 1 is 1.29 bits per heavy atom. The van der Waals surface area contributed by atoms with Crippen LogP contribution in [0.1, 0.15) is 10.4 Å². The Hall–Kier alpha value is -2.83. The van der Waals surface area contributed by atoms with Crippen LogP contribution >= 0.6 is 39.5 Å². The molecular formula is C22H20BrN4O5S2+. The molecule has 4 N–H and O–H groups in total. The molecule has 12 heteroatoms. The summed E-state index contributed by atoms with van der Waals surface area (Å²) in [6, 6.07) is 9.98. The normalized spacial score (nSPS) is 19.3. The van der Waals surface area contributed by atoms with Crippen LogP contribution in [0.15, 0.2) is 69.4 Å². The summed E-state index contributed by atoms with van der Waals surface area (Å²) in [5.74, 6) is -2.05. The molecule has 4 rings (SSSR count). The Morgan fingerprint density at radius 2 is 2.09 bits per heavy atom. The predicted molar refractivity (Wildman–Crippen MR) is 130 cm³/mol. The SMILES string of the molecule is NC(=O)c1ccc[n+](CC2=C(C(=O)O)N3C(=O)[C@H](NC(=O)CSc4cccc(Br)c4)[C@H]3SC2)c1. The molecule has 2 aromatic rings. The van der Waals surface area contributed by atoms with Crippen molar-refractivity contribution in [2.24, 2.45) is 5.73 Å². The van der Waals surface area contributed by atoms with E-state index in [2.05, 4.69) is 21.2 Å². The number of rotatable bonds is 8. The summed E-state index contributed by atoms with van der Waals surface area (Å²) in [6.45, 7) is 0.187. The number of hydrogen-bond acceptors (Lipinski definition) is 6. The second-order valence-electron chi connectivity index (χ2n) is 7.59. The second kappa shape index (κ2) is 10.2. The zero-order chi connectivity index (χ0) is 24.4. The zero-order valence-corrected chi connectivity index (χ0v) is 20.9. The van der Waals surface area contributed by atoms with Crippen molar-refractivity contribution < 1.29 is 28.9 Å². The van der Waals surface area contributed by atoms with E-state index in [1.54, 1.807) is 22.9 Å². The number of nitrogens with two attached hydrogens (primary N) is 1. The molecule has 3 amide bonds. The molecule has 3 heterocycles. The number of β-lactam (4-membered cyclic amide) rings is 1. The van der Waals surface area contributed by atoms with Gasteiger partial charge in [0.2, 0.25) is 5.91 Å². The summed E-state index contributed by atoms with van der Waals surface area (Å²) in [4.78, 5) is 50.9. The van der Waals surface area contributed by atoms with E-state index in [1.165, 1.54) is 34.6 Å². The van der Waals surface area contributed by atoms with E-state index in [-0.39, 0.29) is 23.9 Å². The van der Waals surface area contributed by atoms with E-state index in [4.69, 9.17) is 5.73 Å². The fraction of sp³-hybridized carbons (Fsp3) is 0.227. The van der Waals surface area contributed by atoms with Crippen molar-refractivity contribution >= 4 is 63.1 Å². The van der Waals surface area contributed by atoms with Gasteiger partial charge in [-0.1, -0.05) is 22.0 Å². The highest BCUT2D eigenvalue weighted by molar-refractivity contribution is 9.10. The Kier molecular flexibility index (Phi) is 7.29. The number of hydrogen-bond donors (Lipinski definition) is 3. The van der Waals surface area contributed by atoms with Gasteiger partial charge in [0, 0.05) is 26.8 Å². The molecule has 0 radical (unpaired) electrons. The third-order valence-corrected chi connectivity index (χ3v) is 8.08. The number of pyridine rings is 1. The Bertz CT molecular complexity index is 1220. The molecule has 34 heavy (non-hydrogen) atoms. The number of carbonyl (C=O) groups excluding carboxylic acids is 3. The maximum Gasteiger partial charge on any atom is 0.352 e. The number of carbonyl (C=O) groups is 4. The molecule has 0 spiro atoms. The average Bonchev–Trinajstić information content (AvgIpc) is 2.81. The lowest BCUT2D eigenvalue weighted by molar-refractivity contribution is -0.689. The van der Waals surface area contributed by atoms with Gasteiger partial charge in [0.1, 0.15) is 22.7 Å². The van der Waals surface area contributed by atoms with Crippen molar-refractivity contribution in [3.05, 3.63) is 70.1 Å². The number of halogens is 1. The van der Waals surface area contributed by atoms with Crippen LogP contribution < -0.4 is 15.6 Å². The maximum absolute atomic E-state index is 12.8. The van der Waals surface area contributed by atoms with Crippen molar-refractivity contribution in [3.63, 3.8) is 0 Å². The number of carboxylic acid groups (broad SMARTS) is 1. The highest BCUT2D eigenvalue weighted by Gasteiger charge is 2.54. The Balaban J connectivity index is 1.44. The molecule has 1 aromatic heterocycles. The molecule has 9 nitrogen and oxygen atoms in total.